The highest BCUT2D eigenvalue weighted by Crippen LogP contribution is 2.32. The van der Waals surface area contributed by atoms with Crippen molar-refractivity contribution in [3.05, 3.63) is 58.1 Å². The normalized spacial score (nSPS) is 11.2. The highest BCUT2D eigenvalue weighted by atomic mass is 35.5. The molecule has 0 amide bonds. The van der Waals surface area contributed by atoms with E-state index in [0.717, 1.165) is 22.3 Å². The van der Waals surface area contributed by atoms with Crippen LogP contribution in [0.1, 0.15) is 29.0 Å². The van der Waals surface area contributed by atoms with Gasteiger partial charge in [-0.3, -0.25) is 4.79 Å². The van der Waals surface area contributed by atoms with Gasteiger partial charge in [-0.1, -0.05) is 29.8 Å². The molecule has 0 bridgehead atoms. The molecule has 0 unspecified atom stereocenters. The van der Waals surface area contributed by atoms with Crippen molar-refractivity contribution < 1.29 is 9.90 Å². The zero-order valence-corrected chi connectivity index (χ0v) is 14.7. The molecule has 0 aliphatic rings. The van der Waals surface area contributed by atoms with Crippen LogP contribution in [0.3, 0.4) is 0 Å². The van der Waals surface area contributed by atoms with Crippen LogP contribution >= 0.6 is 24.0 Å². The summed E-state index contributed by atoms with van der Waals surface area (Å²) in [6, 6.07) is 13.1. The molecule has 6 heteroatoms. The topological polar surface area (TPSA) is 87.1 Å². The van der Waals surface area contributed by atoms with Crippen molar-refractivity contribution in [3.8, 4) is 17.2 Å². The van der Waals surface area contributed by atoms with E-state index in [1.807, 2.05) is 25.1 Å². The van der Waals surface area contributed by atoms with Crippen LogP contribution in [-0.2, 0) is 4.79 Å². The van der Waals surface area contributed by atoms with Crippen molar-refractivity contribution in [3.63, 3.8) is 0 Å². The van der Waals surface area contributed by atoms with E-state index in [9.17, 15) is 10.1 Å². The summed E-state index contributed by atoms with van der Waals surface area (Å²) in [4.78, 5) is 11.0. The summed E-state index contributed by atoms with van der Waals surface area (Å²) in [5.74, 6) is -1.16. The number of carboxylic acid groups (broad SMARTS) is 1. The van der Waals surface area contributed by atoms with Gasteiger partial charge in [-0.05, 0) is 48.4 Å². The van der Waals surface area contributed by atoms with Gasteiger partial charge in [-0.2, -0.15) is 5.26 Å². The molecule has 2 aromatic rings. The van der Waals surface area contributed by atoms with Crippen LogP contribution in [0.2, 0.25) is 5.02 Å². The van der Waals surface area contributed by atoms with E-state index in [1.165, 1.54) is 0 Å². The summed E-state index contributed by atoms with van der Waals surface area (Å²) < 4.78 is 0. The Kier molecular flexibility index (Phi) is 7.24. The fraction of sp³-hybridized carbons (Fsp3) is 0.222. The number of benzene rings is 2. The van der Waals surface area contributed by atoms with Crippen molar-refractivity contribution in [2.45, 2.75) is 19.3 Å². The molecule has 0 aromatic heterocycles. The number of hydrogen-bond acceptors (Lipinski definition) is 3. The number of halogens is 2. The Hall–Kier alpha value is -2.06. The van der Waals surface area contributed by atoms with Crippen LogP contribution in [0.4, 0.5) is 0 Å². The number of carboxylic acids is 1. The van der Waals surface area contributed by atoms with E-state index in [0.29, 0.717) is 10.6 Å². The van der Waals surface area contributed by atoms with Crippen molar-refractivity contribution in [1.82, 2.24) is 0 Å². The molecule has 0 fully saturated rings. The quantitative estimate of drug-likeness (QED) is 0.834. The van der Waals surface area contributed by atoms with Gasteiger partial charge >= 0.3 is 5.97 Å². The Morgan fingerprint density at radius 2 is 2.04 bits per heavy atom. The van der Waals surface area contributed by atoms with Crippen molar-refractivity contribution in [2.24, 2.45) is 5.73 Å². The number of carbonyl (C=O) groups is 1. The van der Waals surface area contributed by atoms with Gasteiger partial charge in [0.05, 0.1) is 18.1 Å². The Morgan fingerprint density at radius 3 is 2.62 bits per heavy atom. The highest BCUT2D eigenvalue weighted by Gasteiger charge is 2.16. The minimum absolute atomic E-state index is 0. The zero-order valence-electron chi connectivity index (χ0n) is 13.1. The Labute approximate surface area is 152 Å². The van der Waals surface area contributed by atoms with Crippen molar-refractivity contribution in [1.29, 1.82) is 5.26 Å². The lowest BCUT2D eigenvalue weighted by Gasteiger charge is -2.15. The average molecular weight is 365 g/mol. The molecule has 3 N–H and O–H groups in total. The van der Waals surface area contributed by atoms with Crippen LogP contribution in [0.5, 0.6) is 0 Å². The fourth-order valence-electron chi connectivity index (χ4n) is 2.48. The molecule has 0 radical (unpaired) electrons. The highest BCUT2D eigenvalue weighted by molar-refractivity contribution is 6.33. The first kappa shape index (κ1) is 20.0. The molecule has 24 heavy (non-hydrogen) atoms. The van der Waals surface area contributed by atoms with E-state index < -0.39 is 5.97 Å². The zero-order chi connectivity index (χ0) is 17.0. The monoisotopic (exact) mass is 364 g/mol. The van der Waals surface area contributed by atoms with Crippen LogP contribution in [0.25, 0.3) is 11.1 Å². The summed E-state index contributed by atoms with van der Waals surface area (Å²) in [5, 5.41) is 18.7. The summed E-state index contributed by atoms with van der Waals surface area (Å²) in [6.07, 6.45) is -0.0328. The second-order valence-electron chi connectivity index (χ2n) is 5.41. The first-order chi connectivity index (χ1) is 11.0. The fourth-order valence-corrected chi connectivity index (χ4v) is 2.70. The van der Waals surface area contributed by atoms with Gasteiger partial charge in [-0.15, -0.1) is 12.4 Å². The molecule has 0 saturated carbocycles. The lowest BCUT2D eigenvalue weighted by Crippen LogP contribution is -2.16. The standard InChI is InChI=1S/C18H17ClN2O2.ClH/c1-11-2-3-13(6-14(11)9-20)16-7-12(4-5-17(16)19)15(10-21)8-18(22)23;/h2-7,15H,8,10,21H2,1H3,(H,22,23);1H/t15-;/m0./s1. The lowest BCUT2D eigenvalue weighted by molar-refractivity contribution is -0.137. The van der Waals surface area contributed by atoms with E-state index in [4.69, 9.17) is 22.4 Å². The van der Waals surface area contributed by atoms with Crippen LogP contribution < -0.4 is 5.73 Å². The minimum atomic E-state index is -0.890. The molecule has 0 aliphatic heterocycles. The van der Waals surface area contributed by atoms with Gasteiger partial charge < -0.3 is 10.8 Å². The van der Waals surface area contributed by atoms with Crippen molar-refractivity contribution >= 4 is 30.0 Å². The maximum atomic E-state index is 11.0. The molecule has 2 aromatic carbocycles. The second-order valence-corrected chi connectivity index (χ2v) is 5.82. The molecule has 0 aliphatic carbocycles. The first-order valence-corrected chi connectivity index (χ1v) is 7.56. The van der Waals surface area contributed by atoms with Gasteiger partial charge in [0.1, 0.15) is 0 Å². The van der Waals surface area contributed by atoms with Crippen molar-refractivity contribution in [2.75, 3.05) is 6.54 Å². The van der Waals surface area contributed by atoms with E-state index >= 15 is 0 Å². The first-order valence-electron chi connectivity index (χ1n) is 7.18. The Morgan fingerprint density at radius 1 is 1.33 bits per heavy atom. The number of nitrogens with two attached hydrogens (primary N) is 1. The molecule has 126 valence electrons. The predicted molar refractivity (Wildman–Crippen MR) is 97.6 cm³/mol. The Balaban J connectivity index is 0.00000288. The van der Waals surface area contributed by atoms with Gasteiger partial charge in [0.25, 0.3) is 0 Å². The maximum absolute atomic E-state index is 11.0. The second kappa shape index (κ2) is 8.70. The third kappa shape index (κ3) is 4.48. The van der Waals surface area contributed by atoms with Crippen LogP contribution in [0, 0.1) is 18.3 Å². The number of nitriles is 1. The van der Waals surface area contributed by atoms with Gasteiger partial charge in [0, 0.05) is 16.5 Å². The number of nitrogens with zero attached hydrogens (tertiary/aromatic N) is 1. The van der Waals surface area contributed by atoms with E-state index in [-0.39, 0.29) is 31.3 Å². The summed E-state index contributed by atoms with van der Waals surface area (Å²) in [7, 11) is 0. The van der Waals surface area contributed by atoms with Crippen LogP contribution in [0.15, 0.2) is 36.4 Å². The van der Waals surface area contributed by atoms with Crippen LogP contribution in [-0.4, -0.2) is 17.6 Å². The maximum Gasteiger partial charge on any atom is 0.304 e. The Bertz CT molecular complexity index is 785. The molecule has 4 nitrogen and oxygen atoms in total. The lowest BCUT2D eigenvalue weighted by atomic mass is 9.92. The van der Waals surface area contributed by atoms with E-state index in [2.05, 4.69) is 6.07 Å². The summed E-state index contributed by atoms with van der Waals surface area (Å²) >= 11 is 6.29. The summed E-state index contributed by atoms with van der Waals surface area (Å²) in [6.45, 7) is 2.11. The number of aliphatic carboxylic acids is 1. The number of rotatable bonds is 5. The van der Waals surface area contributed by atoms with Gasteiger partial charge in [-0.25, -0.2) is 0 Å². The minimum Gasteiger partial charge on any atom is -0.481 e. The number of hydrogen-bond donors (Lipinski definition) is 2. The molecule has 0 heterocycles. The summed E-state index contributed by atoms with van der Waals surface area (Å²) in [5.41, 5.74) is 9.61. The van der Waals surface area contributed by atoms with Gasteiger partial charge in [0.15, 0.2) is 0 Å². The third-order valence-electron chi connectivity index (χ3n) is 3.84. The largest absolute Gasteiger partial charge is 0.481 e. The molecule has 0 spiro atoms. The smallest absolute Gasteiger partial charge is 0.304 e. The molecule has 0 saturated heterocycles. The third-order valence-corrected chi connectivity index (χ3v) is 4.17. The molecular weight excluding hydrogens is 347 g/mol. The number of aryl methyl sites for hydroxylation is 1. The molecular formula is C18H18Cl2N2O2. The molecule has 1 atom stereocenters. The van der Waals surface area contributed by atoms with Gasteiger partial charge in [0.2, 0.25) is 0 Å². The SMILES string of the molecule is Cc1ccc(-c2cc([C@H](CN)CC(=O)O)ccc2Cl)cc1C#N.Cl. The predicted octanol–water partition coefficient (Wildman–Crippen LogP) is 4.13. The average Bonchev–Trinajstić information content (AvgIpc) is 2.53. The molecule has 2 rings (SSSR count). The van der Waals surface area contributed by atoms with E-state index in [1.54, 1.807) is 18.2 Å².